The lowest BCUT2D eigenvalue weighted by atomic mass is 9.85. The van der Waals surface area contributed by atoms with E-state index in [0.29, 0.717) is 17.3 Å². The standard InChI is InChI=1S/C14H17BrFNO2/c15-12-5-4-10(16)8-11(12)13(18)17-9-14(19)6-2-1-3-7-14/h4-5,8,19H,1-3,6-7,9H2,(H,17,18). The quantitative estimate of drug-likeness (QED) is 0.895. The molecule has 1 saturated carbocycles. The summed E-state index contributed by atoms with van der Waals surface area (Å²) in [4.78, 5) is 12.0. The molecule has 19 heavy (non-hydrogen) atoms. The molecule has 1 aromatic rings. The molecule has 5 heteroatoms. The maximum Gasteiger partial charge on any atom is 0.252 e. The molecule has 0 radical (unpaired) electrons. The number of carbonyl (C=O) groups excluding carboxylic acids is 1. The van der Waals surface area contributed by atoms with E-state index in [1.165, 1.54) is 18.2 Å². The summed E-state index contributed by atoms with van der Waals surface area (Å²) in [5.74, 6) is -0.824. The third kappa shape index (κ3) is 3.76. The first-order valence-electron chi connectivity index (χ1n) is 6.46. The minimum atomic E-state index is -0.812. The Hall–Kier alpha value is -0.940. The first-order valence-corrected chi connectivity index (χ1v) is 7.25. The maximum absolute atomic E-state index is 13.1. The normalized spacial score (nSPS) is 18.1. The van der Waals surface area contributed by atoms with Gasteiger partial charge in [-0.3, -0.25) is 4.79 Å². The van der Waals surface area contributed by atoms with Gasteiger partial charge in [0.05, 0.1) is 11.2 Å². The summed E-state index contributed by atoms with van der Waals surface area (Å²) in [5, 5.41) is 13.0. The number of hydrogen-bond acceptors (Lipinski definition) is 2. The van der Waals surface area contributed by atoms with Crippen molar-refractivity contribution in [2.75, 3.05) is 6.54 Å². The van der Waals surface area contributed by atoms with Crippen LogP contribution in [0.25, 0.3) is 0 Å². The van der Waals surface area contributed by atoms with Gasteiger partial charge in [-0.15, -0.1) is 0 Å². The fourth-order valence-electron chi connectivity index (χ4n) is 2.40. The van der Waals surface area contributed by atoms with Crippen LogP contribution in [0.4, 0.5) is 4.39 Å². The maximum atomic E-state index is 13.1. The first kappa shape index (κ1) is 14.5. The molecule has 0 aliphatic heterocycles. The molecule has 0 aromatic heterocycles. The van der Waals surface area contributed by atoms with Crippen LogP contribution in [-0.4, -0.2) is 23.2 Å². The zero-order valence-electron chi connectivity index (χ0n) is 10.6. The van der Waals surface area contributed by atoms with Crippen LogP contribution in [0, 0.1) is 5.82 Å². The summed E-state index contributed by atoms with van der Waals surface area (Å²) >= 11 is 3.22. The van der Waals surface area contributed by atoms with Crippen molar-refractivity contribution in [3.8, 4) is 0 Å². The molecule has 0 heterocycles. The molecule has 1 aromatic carbocycles. The predicted octanol–water partition coefficient (Wildman–Crippen LogP) is 3.01. The van der Waals surface area contributed by atoms with Crippen molar-refractivity contribution in [2.24, 2.45) is 0 Å². The van der Waals surface area contributed by atoms with Crippen LogP contribution < -0.4 is 5.32 Å². The van der Waals surface area contributed by atoms with Gasteiger partial charge in [0.1, 0.15) is 5.82 Å². The Balaban J connectivity index is 1.99. The molecule has 2 N–H and O–H groups in total. The van der Waals surface area contributed by atoms with Crippen molar-refractivity contribution in [3.05, 3.63) is 34.1 Å². The van der Waals surface area contributed by atoms with E-state index in [2.05, 4.69) is 21.2 Å². The van der Waals surface area contributed by atoms with Crippen LogP contribution >= 0.6 is 15.9 Å². The first-order chi connectivity index (χ1) is 9.00. The average Bonchev–Trinajstić information content (AvgIpc) is 2.40. The lowest BCUT2D eigenvalue weighted by Gasteiger charge is -2.32. The molecule has 104 valence electrons. The number of aliphatic hydroxyl groups is 1. The monoisotopic (exact) mass is 329 g/mol. The topological polar surface area (TPSA) is 49.3 Å². The van der Waals surface area contributed by atoms with Crippen LogP contribution in [-0.2, 0) is 0 Å². The molecular formula is C14H17BrFNO2. The summed E-state index contributed by atoms with van der Waals surface area (Å²) in [6, 6.07) is 3.97. The average molecular weight is 330 g/mol. The van der Waals surface area contributed by atoms with Gasteiger partial charge in [-0.05, 0) is 47.0 Å². The van der Waals surface area contributed by atoms with Gasteiger partial charge >= 0.3 is 0 Å². The Morgan fingerprint density at radius 3 is 2.74 bits per heavy atom. The van der Waals surface area contributed by atoms with E-state index in [9.17, 15) is 14.3 Å². The minimum absolute atomic E-state index is 0.217. The molecule has 0 saturated heterocycles. The van der Waals surface area contributed by atoms with Crippen molar-refractivity contribution in [2.45, 2.75) is 37.7 Å². The summed E-state index contributed by atoms with van der Waals surface area (Å²) in [5.41, 5.74) is -0.562. The van der Waals surface area contributed by atoms with Gasteiger partial charge in [-0.2, -0.15) is 0 Å². The molecule has 0 bridgehead atoms. The van der Waals surface area contributed by atoms with Crippen LogP contribution in [0.1, 0.15) is 42.5 Å². The SMILES string of the molecule is O=C(NCC1(O)CCCCC1)c1cc(F)ccc1Br. The fourth-order valence-corrected chi connectivity index (χ4v) is 2.82. The number of rotatable bonds is 3. The lowest BCUT2D eigenvalue weighted by molar-refractivity contribution is 0.00525. The number of benzene rings is 1. The zero-order chi connectivity index (χ0) is 13.9. The smallest absolute Gasteiger partial charge is 0.252 e. The molecule has 0 unspecified atom stereocenters. The second-order valence-corrected chi connectivity index (χ2v) is 5.95. The number of hydrogen-bond donors (Lipinski definition) is 2. The second-order valence-electron chi connectivity index (χ2n) is 5.09. The zero-order valence-corrected chi connectivity index (χ0v) is 12.2. The van der Waals surface area contributed by atoms with E-state index in [1.54, 1.807) is 0 Å². The van der Waals surface area contributed by atoms with Crippen molar-refractivity contribution < 1.29 is 14.3 Å². The molecular weight excluding hydrogens is 313 g/mol. The van der Waals surface area contributed by atoms with E-state index in [0.717, 1.165) is 19.3 Å². The van der Waals surface area contributed by atoms with Crippen LogP contribution in [0.2, 0.25) is 0 Å². The van der Waals surface area contributed by atoms with Crippen LogP contribution in [0.3, 0.4) is 0 Å². The molecule has 1 aliphatic rings. The summed E-state index contributed by atoms with van der Waals surface area (Å²) in [6.07, 6.45) is 4.51. The lowest BCUT2D eigenvalue weighted by Crippen LogP contribution is -2.44. The van der Waals surface area contributed by atoms with Crippen molar-refractivity contribution in [1.29, 1.82) is 0 Å². The molecule has 1 aliphatic carbocycles. The Morgan fingerprint density at radius 1 is 1.37 bits per heavy atom. The van der Waals surface area contributed by atoms with Gasteiger partial charge in [0, 0.05) is 11.0 Å². The number of amides is 1. The van der Waals surface area contributed by atoms with Gasteiger partial charge in [-0.1, -0.05) is 19.3 Å². The van der Waals surface area contributed by atoms with Crippen LogP contribution in [0.15, 0.2) is 22.7 Å². The molecule has 0 atom stereocenters. The third-order valence-electron chi connectivity index (χ3n) is 3.54. The largest absolute Gasteiger partial charge is 0.388 e. The van der Waals surface area contributed by atoms with Gasteiger partial charge in [0.2, 0.25) is 0 Å². The molecule has 0 spiro atoms. The van der Waals surface area contributed by atoms with Crippen molar-refractivity contribution in [1.82, 2.24) is 5.32 Å². The molecule has 2 rings (SSSR count). The summed E-state index contributed by atoms with van der Waals surface area (Å²) in [7, 11) is 0. The van der Waals surface area contributed by atoms with E-state index in [1.807, 2.05) is 0 Å². The minimum Gasteiger partial charge on any atom is -0.388 e. The van der Waals surface area contributed by atoms with E-state index >= 15 is 0 Å². The Kier molecular flexibility index (Phi) is 4.58. The number of carbonyl (C=O) groups is 1. The second kappa shape index (κ2) is 6.01. The highest BCUT2D eigenvalue weighted by Gasteiger charge is 2.29. The number of halogens is 2. The van der Waals surface area contributed by atoms with E-state index in [-0.39, 0.29) is 18.0 Å². The fraction of sp³-hybridized carbons (Fsp3) is 0.500. The van der Waals surface area contributed by atoms with E-state index < -0.39 is 11.4 Å². The third-order valence-corrected chi connectivity index (χ3v) is 4.23. The number of nitrogens with one attached hydrogen (secondary N) is 1. The van der Waals surface area contributed by atoms with Gasteiger partial charge < -0.3 is 10.4 Å². The highest BCUT2D eigenvalue weighted by atomic mass is 79.9. The highest BCUT2D eigenvalue weighted by molar-refractivity contribution is 9.10. The predicted molar refractivity (Wildman–Crippen MR) is 74.5 cm³/mol. The van der Waals surface area contributed by atoms with Crippen molar-refractivity contribution in [3.63, 3.8) is 0 Å². The molecule has 3 nitrogen and oxygen atoms in total. The Morgan fingerprint density at radius 2 is 2.05 bits per heavy atom. The summed E-state index contributed by atoms with van der Waals surface area (Å²) < 4.78 is 13.7. The van der Waals surface area contributed by atoms with Gasteiger partial charge in [0.15, 0.2) is 0 Å². The van der Waals surface area contributed by atoms with Gasteiger partial charge in [-0.25, -0.2) is 4.39 Å². The highest BCUT2D eigenvalue weighted by Crippen LogP contribution is 2.27. The summed E-state index contributed by atoms with van der Waals surface area (Å²) in [6.45, 7) is 0.217. The Bertz CT molecular complexity index is 473. The van der Waals surface area contributed by atoms with E-state index in [4.69, 9.17) is 0 Å². The molecule has 1 fully saturated rings. The van der Waals surface area contributed by atoms with Gasteiger partial charge in [0.25, 0.3) is 5.91 Å². The van der Waals surface area contributed by atoms with Crippen molar-refractivity contribution >= 4 is 21.8 Å². The Labute approximate surface area is 120 Å². The van der Waals surface area contributed by atoms with Crippen LogP contribution in [0.5, 0.6) is 0 Å². The molecule has 1 amide bonds.